The second kappa shape index (κ2) is 7.10. The summed E-state index contributed by atoms with van der Waals surface area (Å²) in [7, 11) is 2.12. The summed E-state index contributed by atoms with van der Waals surface area (Å²) in [6.07, 6.45) is 8.19. The maximum absolute atomic E-state index is 2.26. The molecule has 15 heavy (non-hydrogen) atoms. The van der Waals surface area contributed by atoms with E-state index in [4.69, 9.17) is 0 Å². The van der Waals surface area contributed by atoms with Crippen LogP contribution in [0.4, 0.5) is 0 Å². The van der Waals surface area contributed by atoms with E-state index in [1.165, 1.54) is 24.8 Å². The van der Waals surface area contributed by atoms with Crippen LogP contribution in [-0.2, 0) is 6.54 Å². The van der Waals surface area contributed by atoms with Gasteiger partial charge in [-0.15, -0.1) is 0 Å². The van der Waals surface area contributed by atoms with E-state index in [0.29, 0.717) is 0 Å². The molecule has 0 atom stereocenters. The Labute approximate surface area is 93.4 Å². The van der Waals surface area contributed by atoms with Gasteiger partial charge in [-0.2, -0.15) is 0 Å². The third-order valence-corrected chi connectivity index (χ3v) is 2.36. The van der Waals surface area contributed by atoms with Crippen molar-refractivity contribution in [1.29, 1.82) is 0 Å². The lowest BCUT2D eigenvalue weighted by atomic mass is 10.2. The van der Waals surface area contributed by atoms with E-state index < -0.39 is 0 Å². The summed E-state index contributed by atoms with van der Waals surface area (Å²) in [6, 6.07) is 10.6. The lowest BCUT2D eigenvalue weighted by molar-refractivity contribution is 0.449. The average Bonchev–Trinajstić information content (AvgIpc) is 2.26. The molecule has 0 aliphatic heterocycles. The van der Waals surface area contributed by atoms with E-state index in [-0.39, 0.29) is 0 Å². The molecule has 0 amide bonds. The van der Waals surface area contributed by atoms with Crippen molar-refractivity contribution in [3.05, 3.63) is 48.2 Å². The second-order valence-corrected chi connectivity index (χ2v) is 3.93. The lowest BCUT2D eigenvalue weighted by Crippen LogP contribution is -2.09. The molecule has 1 aromatic carbocycles. The fourth-order valence-corrected chi connectivity index (χ4v) is 1.50. The minimum absolute atomic E-state index is 0.990. The summed E-state index contributed by atoms with van der Waals surface area (Å²) < 4.78 is 0. The van der Waals surface area contributed by atoms with Crippen LogP contribution < -0.4 is 0 Å². The highest BCUT2D eigenvalue weighted by molar-refractivity contribution is 5.14. The predicted molar refractivity (Wildman–Crippen MR) is 66.6 cm³/mol. The molecular weight excluding hydrogens is 182 g/mol. The summed E-state index contributed by atoms with van der Waals surface area (Å²) in [5.41, 5.74) is 1.36. The molecule has 1 aromatic rings. The number of nitrogens with zero attached hydrogens (tertiary/aromatic N) is 1. The number of rotatable bonds is 6. The van der Waals surface area contributed by atoms with Crippen molar-refractivity contribution in [2.24, 2.45) is 0 Å². The van der Waals surface area contributed by atoms with Crippen molar-refractivity contribution in [3.63, 3.8) is 0 Å². The zero-order valence-corrected chi connectivity index (χ0v) is 9.82. The molecule has 0 spiro atoms. The average molecular weight is 203 g/mol. The molecule has 82 valence electrons. The fourth-order valence-electron chi connectivity index (χ4n) is 1.50. The van der Waals surface area contributed by atoms with Crippen molar-refractivity contribution < 1.29 is 0 Å². The van der Waals surface area contributed by atoms with Gasteiger partial charge >= 0.3 is 0 Å². The molecule has 0 N–H and O–H groups in total. The zero-order valence-electron chi connectivity index (χ0n) is 9.82. The number of benzene rings is 1. The monoisotopic (exact) mass is 203 g/mol. The van der Waals surface area contributed by atoms with E-state index in [1.54, 1.807) is 0 Å². The molecule has 1 heteroatoms. The molecule has 0 bridgehead atoms. The minimum Gasteiger partial charge on any atom is -0.376 e. The highest BCUT2D eigenvalue weighted by Crippen LogP contribution is 2.03. The molecule has 0 saturated heterocycles. The van der Waals surface area contributed by atoms with E-state index >= 15 is 0 Å². The SMILES string of the molecule is CCCC/C=C/N(C)Cc1ccccc1. The van der Waals surface area contributed by atoms with Crippen LogP contribution in [0.2, 0.25) is 0 Å². The number of unbranched alkanes of at least 4 members (excludes halogenated alkanes) is 2. The lowest BCUT2D eigenvalue weighted by Gasteiger charge is -2.13. The first-order valence-electron chi connectivity index (χ1n) is 5.73. The van der Waals surface area contributed by atoms with Gasteiger partial charge in [0.15, 0.2) is 0 Å². The highest BCUT2D eigenvalue weighted by atomic mass is 15.1. The fraction of sp³-hybridized carbons (Fsp3) is 0.429. The predicted octanol–water partition coefficient (Wildman–Crippen LogP) is 3.82. The first-order chi connectivity index (χ1) is 7.33. The molecule has 1 rings (SSSR count). The Balaban J connectivity index is 2.30. The molecule has 1 nitrogen and oxygen atoms in total. The van der Waals surface area contributed by atoms with E-state index in [2.05, 4.69) is 61.5 Å². The molecule has 0 radical (unpaired) electrons. The third-order valence-electron chi connectivity index (χ3n) is 2.36. The van der Waals surface area contributed by atoms with Crippen LogP contribution in [0.25, 0.3) is 0 Å². The molecule has 0 fully saturated rings. The summed E-state index contributed by atoms with van der Waals surface area (Å²) >= 11 is 0. The molecule has 0 unspecified atom stereocenters. The van der Waals surface area contributed by atoms with Gasteiger partial charge in [-0.05, 0) is 18.2 Å². The first kappa shape index (κ1) is 11.8. The number of hydrogen-bond donors (Lipinski definition) is 0. The van der Waals surface area contributed by atoms with Crippen LogP contribution in [0.3, 0.4) is 0 Å². The summed E-state index contributed by atoms with van der Waals surface area (Å²) in [5, 5.41) is 0. The molecule has 0 saturated carbocycles. The Morgan fingerprint density at radius 1 is 1.20 bits per heavy atom. The molecule has 0 aromatic heterocycles. The van der Waals surface area contributed by atoms with Crippen molar-refractivity contribution in [2.75, 3.05) is 7.05 Å². The Morgan fingerprint density at radius 3 is 2.60 bits per heavy atom. The smallest absolute Gasteiger partial charge is 0.0420 e. The normalized spacial score (nSPS) is 10.8. The third kappa shape index (κ3) is 5.26. The van der Waals surface area contributed by atoms with Crippen molar-refractivity contribution in [1.82, 2.24) is 4.90 Å². The standard InChI is InChI=1S/C14H21N/c1-3-4-5-9-12-15(2)13-14-10-7-6-8-11-14/h6-12H,3-5,13H2,1-2H3/b12-9+. The van der Waals surface area contributed by atoms with Crippen LogP contribution in [0, 0.1) is 0 Å². The first-order valence-corrected chi connectivity index (χ1v) is 5.73. The Kier molecular flexibility index (Phi) is 5.60. The van der Waals surface area contributed by atoms with Crippen LogP contribution in [0.5, 0.6) is 0 Å². The van der Waals surface area contributed by atoms with Gasteiger partial charge in [0, 0.05) is 13.6 Å². The van der Waals surface area contributed by atoms with Crippen LogP contribution >= 0.6 is 0 Å². The molecular formula is C14H21N. The Bertz CT molecular complexity index is 277. The van der Waals surface area contributed by atoms with Gasteiger partial charge in [0.2, 0.25) is 0 Å². The molecule has 0 aliphatic rings. The van der Waals surface area contributed by atoms with Gasteiger partial charge < -0.3 is 4.90 Å². The van der Waals surface area contributed by atoms with Gasteiger partial charge in [-0.3, -0.25) is 0 Å². The summed E-state index contributed by atoms with van der Waals surface area (Å²) in [6.45, 7) is 3.21. The van der Waals surface area contributed by atoms with Gasteiger partial charge in [0.1, 0.15) is 0 Å². The quantitative estimate of drug-likeness (QED) is 0.635. The van der Waals surface area contributed by atoms with Crippen LogP contribution in [0.15, 0.2) is 42.6 Å². The largest absolute Gasteiger partial charge is 0.376 e. The van der Waals surface area contributed by atoms with Crippen LogP contribution in [0.1, 0.15) is 31.7 Å². The highest BCUT2D eigenvalue weighted by Gasteiger charge is 1.93. The van der Waals surface area contributed by atoms with Crippen LogP contribution in [-0.4, -0.2) is 11.9 Å². The van der Waals surface area contributed by atoms with E-state index in [0.717, 1.165) is 6.54 Å². The Morgan fingerprint density at radius 2 is 1.93 bits per heavy atom. The van der Waals surface area contributed by atoms with Gasteiger partial charge in [-0.25, -0.2) is 0 Å². The van der Waals surface area contributed by atoms with E-state index in [1.807, 2.05) is 0 Å². The minimum atomic E-state index is 0.990. The molecule has 0 heterocycles. The van der Waals surface area contributed by atoms with Gasteiger partial charge in [0.25, 0.3) is 0 Å². The van der Waals surface area contributed by atoms with Crippen molar-refractivity contribution >= 4 is 0 Å². The number of allylic oxidation sites excluding steroid dienone is 1. The number of hydrogen-bond acceptors (Lipinski definition) is 1. The summed E-state index contributed by atoms with van der Waals surface area (Å²) in [4.78, 5) is 2.23. The zero-order chi connectivity index (χ0) is 10.9. The maximum Gasteiger partial charge on any atom is 0.0420 e. The van der Waals surface area contributed by atoms with E-state index in [9.17, 15) is 0 Å². The van der Waals surface area contributed by atoms with Gasteiger partial charge in [0.05, 0.1) is 0 Å². The topological polar surface area (TPSA) is 3.24 Å². The van der Waals surface area contributed by atoms with Crippen molar-refractivity contribution in [3.8, 4) is 0 Å². The maximum atomic E-state index is 2.26. The second-order valence-electron chi connectivity index (χ2n) is 3.93. The van der Waals surface area contributed by atoms with Gasteiger partial charge in [-0.1, -0.05) is 56.2 Å². The summed E-state index contributed by atoms with van der Waals surface area (Å²) in [5.74, 6) is 0. The molecule has 0 aliphatic carbocycles. The van der Waals surface area contributed by atoms with Crippen molar-refractivity contribution in [2.45, 2.75) is 32.7 Å². The Hall–Kier alpha value is -1.24.